The van der Waals surface area contributed by atoms with Crippen LogP contribution in [-0.2, 0) is 0 Å². The molecule has 8 nitrogen and oxygen atoms in total. The molecule has 26 heavy (non-hydrogen) atoms. The van der Waals surface area contributed by atoms with Gasteiger partial charge >= 0.3 is 94.6 Å². The van der Waals surface area contributed by atoms with E-state index in [1.54, 1.807) is 18.2 Å². The monoisotopic (exact) mass is 388 g/mol. The van der Waals surface area contributed by atoms with Gasteiger partial charge in [-0.15, -0.1) is 0 Å². The van der Waals surface area contributed by atoms with E-state index in [-0.39, 0.29) is 99.8 Å². The first-order chi connectivity index (χ1) is 10.8. The Balaban J connectivity index is -0.000000142. The average molecular weight is 388 g/mol. The van der Waals surface area contributed by atoms with E-state index in [0.717, 1.165) is 0 Å². The van der Waals surface area contributed by atoms with Crippen LogP contribution < -0.4 is 104 Å². The fourth-order valence-electron chi connectivity index (χ4n) is 1.22. The van der Waals surface area contributed by atoms with E-state index in [0.29, 0.717) is 0 Å². The predicted molar refractivity (Wildman–Crippen MR) is 71.6 cm³/mol. The van der Waals surface area contributed by atoms with Crippen LogP contribution in [0.15, 0.2) is 54.6 Å². The largest absolute Gasteiger partial charge is 1.00 e. The number of carbonyl (C=O) groups excluding carboxylic acids is 1. The molecule has 0 saturated heterocycles. The van der Waals surface area contributed by atoms with E-state index in [1.807, 2.05) is 0 Å². The van der Waals surface area contributed by atoms with E-state index < -0.39 is 23.8 Å². The molecule has 0 fully saturated rings. The number of para-hydroxylation sites is 1. The first-order valence-corrected chi connectivity index (χ1v) is 5.91. The second-order valence-electron chi connectivity index (χ2n) is 3.72. The summed E-state index contributed by atoms with van der Waals surface area (Å²) in [7, 11) is 0. The van der Waals surface area contributed by atoms with Crippen molar-refractivity contribution in [3.8, 4) is 5.75 Å². The summed E-state index contributed by atoms with van der Waals surface area (Å²) in [5.41, 5.74) is 0.0417. The van der Waals surface area contributed by atoms with Crippen molar-refractivity contribution in [2.75, 3.05) is 0 Å². The van der Waals surface area contributed by atoms with Crippen LogP contribution in [0.25, 0.3) is 0 Å². The second-order valence-corrected chi connectivity index (χ2v) is 3.72. The standard InChI is InChI=1S/C7H6O3.C7H6O2.CH2O3.3Na/c8-6-4-2-1-3-5(6)7(9)10;8-7(9)6-4-2-1-3-5-6;2-1(3)4;;;/h1-4,8H,(H,9,10);1-5H,(H,8,9);(H2,2,3,4);;;/q;;;3*+1/p-3. The van der Waals surface area contributed by atoms with Gasteiger partial charge in [-0.25, -0.2) is 4.79 Å². The molecule has 0 unspecified atom stereocenters. The smallest absolute Gasteiger partial charge is 0.872 e. The zero-order chi connectivity index (χ0) is 17.8. The van der Waals surface area contributed by atoms with Crippen molar-refractivity contribution in [3.05, 3.63) is 65.7 Å². The molecular formula is C15H11Na3O8. The molecule has 2 N–H and O–H groups in total. The maximum atomic E-state index is 10.7. The van der Waals surface area contributed by atoms with Crippen LogP contribution in [0.5, 0.6) is 5.75 Å². The van der Waals surface area contributed by atoms with Crippen molar-refractivity contribution in [1.82, 2.24) is 0 Å². The number of hydrogen-bond donors (Lipinski definition) is 2. The molecule has 0 radical (unpaired) electrons. The number of carboxylic acids is 2. The summed E-state index contributed by atoms with van der Waals surface area (Å²) >= 11 is 0. The zero-order valence-electron chi connectivity index (χ0n) is 14.5. The topological polar surface area (TPSA) is 161 Å². The first-order valence-electron chi connectivity index (χ1n) is 5.91. The molecule has 0 spiro atoms. The van der Waals surface area contributed by atoms with Gasteiger partial charge in [-0.3, -0.25) is 0 Å². The molecule has 0 saturated carbocycles. The summed E-state index contributed by atoms with van der Waals surface area (Å²) in [5.74, 6) is -2.75. The molecule has 0 amide bonds. The third kappa shape index (κ3) is 16.9. The molecule has 0 atom stereocenters. The molecule has 2 aromatic carbocycles. The van der Waals surface area contributed by atoms with Crippen molar-refractivity contribution < 1.29 is 129 Å². The molecule has 0 bridgehead atoms. The van der Waals surface area contributed by atoms with E-state index in [4.69, 9.17) is 20.1 Å². The minimum Gasteiger partial charge on any atom is -0.872 e. The normalized spacial score (nSPS) is 7.54. The fraction of sp³-hybridized carbons (Fsp3) is 0. The molecule has 0 aliphatic carbocycles. The molecule has 11 heteroatoms. The van der Waals surface area contributed by atoms with Gasteiger partial charge in [-0.1, -0.05) is 54.3 Å². The van der Waals surface area contributed by atoms with E-state index >= 15 is 0 Å². The summed E-state index contributed by atoms with van der Waals surface area (Å²) in [6, 6.07) is 13.6. The van der Waals surface area contributed by atoms with E-state index in [1.165, 1.54) is 36.4 Å². The third-order valence-electron chi connectivity index (χ3n) is 2.13. The van der Waals surface area contributed by atoms with Crippen LogP contribution in [0, 0.1) is 0 Å². The van der Waals surface area contributed by atoms with Crippen LogP contribution in [0.3, 0.4) is 0 Å². The van der Waals surface area contributed by atoms with Crippen molar-refractivity contribution in [2.45, 2.75) is 0 Å². The molecule has 0 heterocycles. The Kier molecular flexibility index (Phi) is 24.4. The van der Waals surface area contributed by atoms with Gasteiger partial charge in [0.05, 0.1) is 11.5 Å². The van der Waals surface area contributed by atoms with Crippen molar-refractivity contribution in [1.29, 1.82) is 0 Å². The number of benzene rings is 2. The van der Waals surface area contributed by atoms with Crippen molar-refractivity contribution in [3.63, 3.8) is 0 Å². The van der Waals surface area contributed by atoms with Crippen LogP contribution in [0.2, 0.25) is 0 Å². The molecule has 0 aromatic heterocycles. The van der Waals surface area contributed by atoms with Crippen LogP contribution >= 0.6 is 0 Å². The van der Waals surface area contributed by atoms with Crippen LogP contribution in [-0.4, -0.2) is 28.3 Å². The summed E-state index contributed by atoms with van der Waals surface area (Å²) in [6.07, 6.45) is -2.08. The number of hydrogen-bond acceptors (Lipinski definition) is 6. The fourth-order valence-corrected chi connectivity index (χ4v) is 1.22. The third-order valence-corrected chi connectivity index (χ3v) is 2.13. The first kappa shape index (κ1) is 33.1. The van der Waals surface area contributed by atoms with Gasteiger partial charge in [0.15, 0.2) is 0 Å². The molecule has 2 aromatic rings. The summed E-state index contributed by atoms with van der Waals surface area (Å²) in [6.45, 7) is 0. The maximum absolute atomic E-state index is 10.7. The quantitative estimate of drug-likeness (QED) is 0.480. The Morgan fingerprint density at radius 1 is 0.731 bits per heavy atom. The van der Waals surface area contributed by atoms with Gasteiger partial charge in [0.2, 0.25) is 6.16 Å². The Hall–Kier alpha value is -0.550. The van der Waals surface area contributed by atoms with Gasteiger partial charge in [-0.2, -0.15) is 0 Å². The summed E-state index contributed by atoms with van der Waals surface area (Å²) in [4.78, 5) is 28.8. The van der Waals surface area contributed by atoms with Gasteiger partial charge in [0, 0.05) is 0 Å². The van der Waals surface area contributed by atoms with Gasteiger partial charge in [0.1, 0.15) is 0 Å². The second kappa shape index (κ2) is 19.2. The average Bonchev–Trinajstić information content (AvgIpc) is 2.48. The molecule has 0 aliphatic heterocycles. The predicted octanol–water partition coefficient (Wildman–Crippen LogP) is -9.59. The van der Waals surface area contributed by atoms with Gasteiger partial charge in [-0.05, 0) is 11.6 Å². The Bertz CT molecular complexity index is 661. The van der Waals surface area contributed by atoms with Crippen molar-refractivity contribution in [2.24, 2.45) is 0 Å². The maximum Gasteiger partial charge on any atom is 1.00 e. The SMILES string of the molecule is O=C(O)c1ccccc1[O-].O=C([O-])O.O=C([O-])c1ccccc1.[Na+].[Na+].[Na+]. The summed E-state index contributed by atoms with van der Waals surface area (Å²) < 4.78 is 0. The van der Waals surface area contributed by atoms with Crippen LogP contribution in [0.1, 0.15) is 20.7 Å². The minimum absolute atomic E-state index is 0. The number of carboxylic acid groups (broad SMARTS) is 4. The Morgan fingerprint density at radius 2 is 1.12 bits per heavy atom. The Morgan fingerprint density at radius 3 is 1.38 bits per heavy atom. The molecule has 122 valence electrons. The van der Waals surface area contributed by atoms with E-state index in [2.05, 4.69) is 0 Å². The molecule has 0 aliphatic rings. The number of rotatable bonds is 2. The zero-order valence-corrected chi connectivity index (χ0v) is 20.5. The summed E-state index contributed by atoms with van der Waals surface area (Å²) in [5, 5.41) is 44.4. The molecule has 2 rings (SSSR count). The van der Waals surface area contributed by atoms with Gasteiger partial charge < -0.3 is 35.1 Å². The van der Waals surface area contributed by atoms with Gasteiger partial charge in [0.25, 0.3) is 0 Å². The Labute approximate surface area is 215 Å². The van der Waals surface area contributed by atoms with Crippen molar-refractivity contribution >= 4 is 18.1 Å². The molecular weight excluding hydrogens is 377 g/mol. The number of aromatic carboxylic acids is 2. The van der Waals surface area contributed by atoms with E-state index in [9.17, 15) is 19.8 Å². The minimum atomic E-state index is -2.08. The number of carbonyl (C=O) groups is 3. The van der Waals surface area contributed by atoms with Crippen LogP contribution in [0.4, 0.5) is 4.79 Å².